The number of aromatic nitrogens is 4. The van der Waals surface area contributed by atoms with E-state index in [1.807, 2.05) is 30.3 Å². The number of nitrogens with zero attached hydrogens (tertiary/aromatic N) is 4. The molecule has 0 spiro atoms. The molecule has 0 amide bonds. The highest BCUT2D eigenvalue weighted by Crippen LogP contribution is 2.23. The number of fused-ring (bicyclic) bond motifs is 1. The number of hydrogen-bond donors (Lipinski definition) is 0. The first-order valence-electron chi connectivity index (χ1n) is 6.13. The summed E-state index contributed by atoms with van der Waals surface area (Å²) in [5.74, 6) is 0.895. The van der Waals surface area contributed by atoms with E-state index in [0.717, 1.165) is 35.5 Å². The van der Waals surface area contributed by atoms with Crippen LogP contribution < -0.4 is 0 Å². The van der Waals surface area contributed by atoms with Gasteiger partial charge in [-0.3, -0.25) is 0 Å². The van der Waals surface area contributed by atoms with Gasteiger partial charge in [-0.2, -0.15) is 5.10 Å². The van der Waals surface area contributed by atoms with Crippen LogP contribution in [0.5, 0.6) is 0 Å². The van der Waals surface area contributed by atoms with E-state index in [-0.39, 0.29) is 0 Å². The van der Waals surface area contributed by atoms with Crippen LogP contribution in [-0.2, 0) is 6.54 Å². The molecule has 0 saturated heterocycles. The molecule has 0 N–H and O–H groups in total. The predicted molar refractivity (Wildman–Crippen MR) is 71.1 cm³/mol. The maximum atomic E-state index is 4.66. The summed E-state index contributed by atoms with van der Waals surface area (Å²) >= 11 is 0. The standard InChI is InChI=1S/C14H14N4/c1-2-10-18-13-8-4-3-6-11(13)16-14(18)12-7-5-9-15-17-12/h3-9H,2,10H2,1H3. The van der Waals surface area contributed by atoms with Crippen molar-refractivity contribution in [1.82, 2.24) is 19.7 Å². The molecule has 4 nitrogen and oxygen atoms in total. The minimum atomic E-state index is 0.821. The zero-order chi connectivity index (χ0) is 12.4. The summed E-state index contributed by atoms with van der Waals surface area (Å²) in [7, 11) is 0. The van der Waals surface area contributed by atoms with E-state index < -0.39 is 0 Å². The Morgan fingerprint density at radius 2 is 2.00 bits per heavy atom. The Bertz CT molecular complexity index is 658. The van der Waals surface area contributed by atoms with Crippen LogP contribution in [0.1, 0.15) is 13.3 Å². The average Bonchev–Trinajstić information content (AvgIpc) is 2.80. The summed E-state index contributed by atoms with van der Waals surface area (Å²) in [6.45, 7) is 3.10. The van der Waals surface area contributed by atoms with Crippen molar-refractivity contribution in [3.8, 4) is 11.5 Å². The largest absolute Gasteiger partial charge is 0.323 e. The van der Waals surface area contributed by atoms with E-state index >= 15 is 0 Å². The molecule has 0 fully saturated rings. The smallest absolute Gasteiger partial charge is 0.161 e. The van der Waals surface area contributed by atoms with Gasteiger partial charge in [0.15, 0.2) is 5.82 Å². The Hall–Kier alpha value is -2.23. The maximum absolute atomic E-state index is 4.66. The summed E-state index contributed by atoms with van der Waals surface area (Å²) in [5, 5.41) is 8.08. The van der Waals surface area contributed by atoms with Gasteiger partial charge in [0, 0.05) is 12.7 Å². The quantitative estimate of drug-likeness (QED) is 0.704. The first-order valence-corrected chi connectivity index (χ1v) is 6.13. The van der Waals surface area contributed by atoms with Crippen molar-refractivity contribution < 1.29 is 0 Å². The summed E-state index contributed by atoms with van der Waals surface area (Å²) in [6, 6.07) is 12.0. The molecule has 1 aromatic carbocycles. The molecule has 0 radical (unpaired) electrons. The van der Waals surface area contributed by atoms with Crippen LogP contribution in [-0.4, -0.2) is 19.7 Å². The molecule has 4 heteroatoms. The van der Waals surface area contributed by atoms with Crippen molar-refractivity contribution in [3.05, 3.63) is 42.6 Å². The normalized spacial score (nSPS) is 10.9. The predicted octanol–water partition coefficient (Wildman–Crippen LogP) is 2.90. The van der Waals surface area contributed by atoms with Gasteiger partial charge < -0.3 is 4.57 Å². The van der Waals surface area contributed by atoms with Gasteiger partial charge in [0.25, 0.3) is 0 Å². The van der Waals surface area contributed by atoms with Crippen molar-refractivity contribution in [2.24, 2.45) is 0 Å². The molecule has 0 saturated carbocycles. The first-order chi connectivity index (χ1) is 8.90. The molecule has 0 aliphatic rings. The number of hydrogen-bond acceptors (Lipinski definition) is 3. The van der Waals surface area contributed by atoms with Crippen LogP contribution >= 0.6 is 0 Å². The molecule has 0 atom stereocenters. The van der Waals surface area contributed by atoms with E-state index in [0.29, 0.717) is 0 Å². The molecule has 0 unspecified atom stereocenters. The van der Waals surface area contributed by atoms with E-state index in [2.05, 4.69) is 32.7 Å². The monoisotopic (exact) mass is 238 g/mol. The zero-order valence-corrected chi connectivity index (χ0v) is 10.2. The van der Waals surface area contributed by atoms with Gasteiger partial charge in [0.1, 0.15) is 5.69 Å². The number of imidazole rings is 1. The second-order valence-corrected chi connectivity index (χ2v) is 4.18. The van der Waals surface area contributed by atoms with Crippen LogP contribution in [0.3, 0.4) is 0 Å². The van der Waals surface area contributed by atoms with Crippen molar-refractivity contribution in [3.63, 3.8) is 0 Å². The molecule has 2 aromatic heterocycles. The van der Waals surface area contributed by atoms with Gasteiger partial charge in [-0.05, 0) is 30.7 Å². The Morgan fingerprint density at radius 3 is 2.78 bits per heavy atom. The van der Waals surface area contributed by atoms with Gasteiger partial charge in [0.05, 0.1) is 11.0 Å². The molecular weight excluding hydrogens is 224 g/mol. The highest BCUT2D eigenvalue weighted by atomic mass is 15.1. The highest BCUT2D eigenvalue weighted by molar-refractivity contribution is 5.79. The van der Waals surface area contributed by atoms with Gasteiger partial charge in [-0.15, -0.1) is 5.10 Å². The molecule has 3 aromatic rings. The Labute approximate surface area is 105 Å². The second-order valence-electron chi connectivity index (χ2n) is 4.18. The fourth-order valence-corrected chi connectivity index (χ4v) is 2.14. The summed E-state index contributed by atoms with van der Waals surface area (Å²) in [6.07, 6.45) is 2.74. The minimum Gasteiger partial charge on any atom is -0.323 e. The zero-order valence-electron chi connectivity index (χ0n) is 10.2. The van der Waals surface area contributed by atoms with Crippen molar-refractivity contribution in [2.45, 2.75) is 19.9 Å². The van der Waals surface area contributed by atoms with E-state index in [9.17, 15) is 0 Å². The van der Waals surface area contributed by atoms with Gasteiger partial charge >= 0.3 is 0 Å². The molecular formula is C14H14N4. The minimum absolute atomic E-state index is 0.821. The van der Waals surface area contributed by atoms with Gasteiger partial charge in [0.2, 0.25) is 0 Å². The Morgan fingerprint density at radius 1 is 1.11 bits per heavy atom. The van der Waals surface area contributed by atoms with Crippen molar-refractivity contribution in [2.75, 3.05) is 0 Å². The van der Waals surface area contributed by atoms with E-state index in [1.165, 1.54) is 0 Å². The van der Waals surface area contributed by atoms with Gasteiger partial charge in [-0.25, -0.2) is 4.98 Å². The van der Waals surface area contributed by atoms with Crippen molar-refractivity contribution in [1.29, 1.82) is 0 Å². The van der Waals surface area contributed by atoms with Crippen LogP contribution in [0.4, 0.5) is 0 Å². The van der Waals surface area contributed by atoms with E-state index in [1.54, 1.807) is 6.20 Å². The third-order valence-electron chi connectivity index (χ3n) is 2.90. The molecule has 0 aliphatic heterocycles. The van der Waals surface area contributed by atoms with Crippen LogP contribution in [0.2, 0.25) is 0 Å². The number of aryl methyl sites for hydroxylation is 1. The second kappa shape index (κ2) is 4.56. The molecule has 0 aliphatic carbocycles. The number of benzene rings is 1. The Balaban J connectivity index is 2.25. The first kappa shape index (κ1) is 10.9. The molecule has 2 heterocycles. The lowest BCUT2D eigenvalue weighted by molar-refractivity contribution is 0.701. The van der Waals surface area contributed by atoms with Crippen LogP contribution in [0, 0.1) is 0 Å². The lowest BCUT2D eigenvalue weighted by Gasteiger charge is -2.06. The summed E-state index contributed by atoms with van der Waals surface area (Å²) < 4.78 is 2.21. The van der Waals surface area contributed by atoms with E-state index in [4.69, 9.17) is 0 Å². The summed E-state index contributed by atoms with van der Waals surface area (Å²) in [4.78, 5) is 4.66. The van der Waals surface area contributed by atoms with Gasteiger partial charge in [-0.1, -0.05) is 19.1 Å². The Kier molecular flexibility index (Phi) is 2.76. The topological polar surface area (TPSA) is 43.6 Å². The summed E-state index contributed by atoms with van der Waals surface area (Å²) in [5.41, 5.74) is 2.98. The van der Waals surface area contributed by atoms with Crippen molar-refractivity contribution >= 4 is 11.0 Å². The average molecular weight is 238 g/mol. The molecule has 3 rings (SSSR count). The SMILES string of the molecule is CCCn1c(-c2cccnn2)nc2ccccc21. The fourth-order valence-electron chi connectivity index (χ4n) is 2.14. The fraction of sp³-hybridized carbons (Fsp3) is 0.214. The third kappa shape index (κ3) is 1.76. The van der Waals surface area contributed by atoms with Crippen LogP contribution in [0.15, 0.2) is 42.6 Å². The maximum Gasteiger partial charge on any atom is 0.161 e. The molecule has 0 bridgehead atoms. The molecule has 18 heavy (non-hydrogen) atoms. The van der Waals surface area contributed by atoms with Crippen LogP contribution in [0.25, 0.3) is 22.6 Å². The molecule has 90 valence electrons. The lowest BCUT2D eigenvalue weighted by Crippen LogP contribution is -2.01. The lowest BCUT2D eigenvalue weighted by atomic mass is 10.3. The third-order valence-corrected chi connectivity index (χ3v) is 2.90. The highest BCUT2D eigenvalue weighted by Gasteiger charge is 2.12. The number of rotatable bonds is 3. The number of para-hydroxylation sites is 2.